The molecule has 0 aliphatic carbocycles. The predicted molar refractivity (Wildman–Crippen MR) is 252 cm³/mol. The monoisotopic (exact) mass is 983 g/mol. The molecule has 0 radical (unpaired) electrons. The first-order valence-electron chi connectivity index (χ1n) is 22.2. The van der Waals surface area contributed by atoms with E-state index in [-0.39, 0.29) is 41.5 Å². The number of hydrogen-bond acceptors (Lipinski definition) is 11. The SMILES string of the molecule is CCN1/C(=C/C=C/C=C/C=C/C2=[N+](CCCCCC(=O)NCCCC[C@H](NC(=O)N[C@@H](CCC(=O)O)C(=O)O)C(=O)O)c3ccc(S(=O)(=O)O)cc3C2(C)C)C(C)(C)c2cc(S(=O)(=O)[O-])ccc21. The van der Waals surface area contributed by atoms with Crippen LogP contribution in [0.15, 0.2) is 94.4 Å². The maximum atomic E-state index is 12.6. The molecule has 2 heterocycles. The van der Waals surface area contributed by atoms with Crippen molar-refractivity contribution in [1.82, 2.24) is 16.0 Å². The van der Waals surface area contributed by atoms with E-state index in [2.05, 4.69) is 25.4 Å². The molecule has 0 bridgehead atoms. The zero-order valence-corrected chi connectivity index (χ0v) is 40.4. The van der Waals surface area contributed by atoms with Crippen molar-refractivity contribution in [3.63, 3.8) is 0 Å². The fraction of sp³-hybridized carbons (Fsp3) is 0.447. The van der Waals surface area contributed by atoms with E-state index in [1.807, 2.05) is 77.2 Å². The van der Waals surface area contributed by atoms with E-state index in [9.17, 15) is 60.1 Å². The van der Waals surface area contributed by atoms with E-state index >= 15 is 0 Å². The smallest absolute Gasteiger partial charge is 0.326 e. The van der Waals surface area contributed by atoms with Crippen LogP contribution in [0, 0.1) is 0 Å². The van der Waals surface area contributed by atoms with Gasteiger partial charge >= 0.3 is 23.9 Å². The van der Waals surface area contributed by atoms with Gasteiger partial charge in [-0.1, -0.05) is 44.2 Å². The first-order chi connectivity index (χ1) is 31.8. The number of urea groups is 1. The lowest BCUT2D eigenvalue weighted by molar-refractivity contribution is -0.438. The fourth-order valence-electron chi connectivity index (χ4n) is 8.36. The van der Waals surface area contributed by atoms with E-state index in [0.29, 0.717) is 45.2 Å². The van der Waals surface area contributed by atoms with Gasteiger partial charge in [-0.15, -0.1) is 0 Å². The highest BCUT2D eigenvalue weighted by Crippen LogP contribution is 2.48. The lowest BCUT2D eigenvalue weighted by Gasteiger charge is -2.25. The van der Waals surface area contributed by atoms with E-state index in [1.54, 1.807) is 12.1 Å². The minimum Gasteiger partial charge on any atom is -0.744 e. The van der Waals surface area contributed by atoms with Crippen LogP contribution in [-0.4, -0.2) is 113 Å². The van der Waals surface area contributed by atoms with Crippen LogP contribution in [0.5, 0.6) is 0 Å². The summed E-state index contributed by atoms with van der Waals surface area (Å²) in [6.07, 6.45) is 15.2. The Morgan fingerprint density at radius 1 is 0.750 bits per heavy atom. The van der Waals surface area contributed by atoms with Gasteiger partial charge in [0.25, 0.3) is 10.1 Å². The number of nitrogens with zero attached hydrogens (tertiary/aromatic N) is 2. The number of anilines is 1. The number of carboxylic acids is 3. The highest BCUT2D eigenvalue weighted by Gasteiger charge is 2.45. The number of carbonyl (C=O) groups excluding carboxylic acids is 2. The van der Waals surface area contributed by atoms with E-state index in [4.69, 9.17) is 5.11 Å². The zero-order chi connectivity index (χ0) is 50.6. The van der Waals surface area contributed by atoms with Gasteiger partial charge < -0.3 is 40.7 Å². The number of aliphatic carboxylic acids is 3. The number of amides is 3. The summed E-state index contributed by atoms with van der Waals surface area (Å²) in [5, 5.41) is 34.6. The van der Waals surface area contributed by atoms with Gasteiger partial charge in [0.05, 0.1) is 15.2 Å². The molecule has 0 fully saturated rings. The van der Waals surface area contributed by atoms with E-state index in [1.165, 1.54) is 24.3 Å². The van der Waals surface area contributed by atoms with Gasteiger partial charge in [0, 0.05) is 66.9 Å². The molecular weight excluding hydrogens is 923 g/mol. The first kappa shape index (κ1) is 54.4. The topological polar surface area (TPSA) is 300 Å². The van der Waals surface area contributed by atoms with Crippen molar-refractivity contribution in [2.24, 2.45) is 0 Å². The normalized spacial score (nSPS) is 16.9. The van der Waals surface area contributed by atoms with Gasteiger partial charge in [0.1, 0.15) is 28.7 Å². The number of carboxylic acid groups (broad SMARTS) is 3. The highest BCUT2D eigenvalue weighted by atomic mass is 32.2. The van der Waals surface area contributed by atoms with Gasteiger partial charge in [0.15, 0.2) is 5.71 Å². The number of fused-ring (bicyclic) bond motifs is 2. The quantitative estimate of drug-likeness (QED) is 0.0280. The number of nitrogens with one attached hydrogen (secondary N) is 3. The summed E-state index contributed by atoms with van der Waals surface area (Å²) in [5.74, 6) is -4.25. The van der Waals surface area contributed by atoms with Crippen molar-refractivity contribution in [1.29, 1.82) is 0 Å². The summed E-state index contributed by atoms with van der Waals surface area (Å²) < 4.78 is 71.4. The summed E-state index contributed by atoms with van der Waals surface area (Å²) in [7, 11) is -9.08. The average Bonchev–Trinajstić information content (AvgIpc) is 3.60. The predicted octanol–water partition coefficient (Wildman–Crippen LogP) is 5.50. The Bertz CT molecular complexity index is 2630. The molecule has 2 atom stereocenters. The molecule has 19 nitrogen and oxygen atoms in total. The number of benzene rings is 2. The number of allylic oxidation sites excluding steroid dienone is 8. The summed E-state index contributed by atoms with van der Waals surface area (Å²) >= 11 is 0. The first-order valence-corrected chi connectivity index (χ1v) is 25.0. The van der Waals surface area contributed by atoms with Crippen molar-refractivity contribution < 1.29 is 69.8 Å². The van der Waals surface area contributed by atoms with Gasteiger partial charge in [-0.3, -0.25) is 14.1 Å². The van der Waals surface area contributed by atoms with Gasteiger partial charge in [-0.25, -0.2) is 22.8 Å². The minimum absolute atomic E-state index is 0.00176. The number of hydrogen-bond donors (Lipinski definition) is 7. The molecule has 0 unspecified atom stereocenters. The molecule has 21 heteroatoms. The third kappa shape index (κ3) is 14.2. The molecule has 0 saturated heterocycles. The molecule has 4 rings (SSSR count). The van der Waals surface area contributed by atoms with Crippen LogP contribution in [0.4, 0.5) is 16.2 Å². The molecule has 68 heavy (non-hydrogen) atoms. The van der Waals surface area contributed by atoms with Crippen molar-refractivity contribution in [3.8, 4) is 0 Å². The lowest BCUT2D eigenvalue weighted by atomic mass is 9.81. The summed E-state index contributed by atoms with van der Waals surface area (Å²) in [6, 6.07) is 5.05. The Morgan fingerprint density at radius 3 is 1.99 bits per heavy atom. The third-order valence-corrected chi connectivity index (χ3v) is 13.6. The van der Waals surface area contributed by atoms with Gasteiger partial charge in [-0.2, -0.15) is 13.0 Å². The molecule has 0 aromatic heterocycles. The van der Waals surface area contributed by atoms with Crippen LogP contribution in [0.2, 0.25) is 0 Å². The van der Waals surface area contributed by atoms with E-state index in [0.717, 1.165) is 33.9 Å². The lowest BCUT2D eigenvalue weighted by Crippen LogP contribution is -2.51. The van der Waals surface area contributed by atoms with Crippen LogP contribution in [0.25, 0.3) is 0 Å². The van der Waals surface area contributed by atoms with Crippen LogP contribution < -0.4 is 20.9 Å². The number of rotatable bonds is 25. The summed E-state index contributed by atoms with van der Waals surface area (Å²) in [6.45, 7) is 11.3. The molecule has 3 amide bonds. The van der Waals surface area contributed by atoms with Crippen LogP contribution in [0.3, 0.4) is 0 Å². The number of likely N-dealkylation sites (N-methyl/N-ethyl adjacent to an activating group) is 1. The average molecular weight is 984 g/mol. The second-order valence-electron chi connectivity index (χ2n) is 17.5. The minimum atomic E-state index is -4.62. The van der Waals surface area contributed by atoms with Crippen LogP contribution >= 0.6 is 0 Å². The molecule has 7 N–H and O–H groups in total. The van der Waals surface area contributed by atoms with Crippen molar-refractivity contribution in [2.45, 2.75) is 125 Å². The molecule has 2 aliphatic heterocycles. The Morgan fingerprint density at radius 2 is 1.37 bits per heavy atom. The van der Waals surface area contributed by atoms with Crippen LogP contribution in [-0.2, 0) is 50.2 Å². The van der Waals surface area contributed by atoms with E-state index < -0.39 is 73.5 Å². The maximum Gasteiger partial charge on any atom is 0.326 e. The van der Waals surface area contributed by atoms with Gasteiger partial charge in [-0.05, 0) is 101 Å². The highest BCUT2D eigenvalue weighted by molar-refractivity contribution is 7.86. The molecule has 2 aliphatic rings. The molecular formula is C47H61N5O14S2. The van der Waals surface area contributed by atoms with Gasteiger partial charge in [0.2, 0.25) is 11.6 Å². The standard InChI is InChI=1S/C47H61N5O14S2/c1-6-51-37-24-21-31(67(61,62)63)29-33(37)46(2,3)39(51)18-11-8-7-9-12-19-40-47(4,5)34-30-32(68(64,65)66)22-25-38(34)52(40)28-16-10-13-20-41(53)48-27-15-14-17-35(43(56)57)49-45(60)50-36(44(58)59)23-26-42(54)55/h7-9,11-12,18-19,21-22,24-25,29-30,35-36H,6,10,13-17,20,23,26-28H2,1-5H3,(H7-,48,49,50,53,54,55,56,57,58,59,60,61,62,63,64,65,66)/t35-,36-/m0/s1. The zero-order valence-electron chi connectivity index (χ0n) is 38.7. The molecule has 2 aromatic carbocycles. The van der Waals surface area contributed by atoms with Crippen LogP contribution in [0.1, 0.15) is 104 Å². The number of unbranched alkanes of at least 4 members (excludes halogenated alkanes) is 3. The largest absolute Gasteiger partial charge is 0.744 e. The second-order valence-corrected chi connectivity index (χ2v) is 20.3. The Labute approximate surface area is 396 Å². The van der Waals surface area contributed by atoms with Crippen molar-refractivity contribution in [3.05, 3.63) is 95.8 Å². The molecule has 370 valence electrons. The second kappa shape index (κ2) is 23.2. The Hall–Kier alpha value is -6.16. The molecule has 2 aromatic rings. The third-order valence-electron chi connectivity index (χ3n) is 12.0. The number of carbonyl (C=O) groups is 5. The maximum absolute atomic E-state index is 12.6. The summed E-state index contributed by atoms with van der Waals surface area (Å²) in [5.41, 5.74) is 3.69. The fourth-order valence-corrected chi connectivity index (χ4v) is 9.36. The van der Waals surface area contributed by atoms with Crippen molar-refractivity contribution >= 4 is 67.2 Å². The Kier molecular flexibility index (Phi) is 18.6. The summed E-state index contributed by atoms with van der Waals surface area (Å²) in [4.78, 5) is 60.3. The van der Waals surface area contributed by atoms with Crippen molar-refractivity contribution in [2.75, 3.05) is 24.5 Å². The Balaban J connectivity index is 1.33. The molecule has 0 spiro atoms. The molecule has 0 saturated carbocycles.